The number of hydrogen-bond acceptors (Lipinski definition) is 6. The number of carbonyl (C=O) groups excluding carboxylic acids is 1. The number of carbonyl (C=O) groups is 1. The molecule has 0 radical (unpaired) electrons. The molecule has 1 aliphatic heterocycles. The van der Waals surface area contributed by atoms with Gasteiger partial charge in [-0.2, -0.15) is 18.2 Å². The van der Waals surface area contributed by atoms with Crippen LogP contribution in [0.15, 0.2) is 24.4 Å². The zero-order valence-electron chi connectivity index (χ0n) is 15.3. The molecule has 0 aliphatic carbocycles. The molecule has 7 nitrogen and oxygen atoms in total. The van der Waals surface area contributed by atoms with Crippen LogP contribution in [-0.4, -0.2) is 33.6 Å². The topological polar surface area (TPSA) is 99.2 Å². The number of hydrogen-bond donors (Lipinski definition) is 4. The molecule has 0 saturated carbocycles. The van der Waals surface area contributed by atoms with Gasteiger partial charge in [-0.05, 0) is 29.7 Å². The van der Waals surface area contributed by atoms with E-state index < -0.39 is 23.6 Å². The van der Waals surface area contributed by atoms with Gasteiger partial charge in [0.2, 0.25) is 11.9 Å². The van der Waals surface area contributed by atoms with E-state index in [-0.39, 0.29) is 30.8 Å². The van der Waals surface area contributed by atoms with Gasteiger partial charge in [0.05, 0.1) is 19.1 Å². The molecule has 10 heteroatoms. The predicted octanol–water partition coefficient (Wildman–Crippen LogP) is 3.16. The van der Waals surface area contributed by atoms with Crippen molar-refractivity contribution < 1.29 is 23.1 Å². The summed E-state index contributed by atoms with van der Waals surface area (Å²) in [5.74, 6) is -0.670. The molecule has 1 amide bonds. The molecule has 0 bridgehead atoms. The van der Waals surface area contributed by atoms with Crippen molar-refractivity contribution in [2.45, 2.75) is 32.5 Å². The average molecular weight is 395 g/mol. The normalized spacial score (nSPS) is 14.6. The molecule has 3 rings (SSSR count). The summed E-state index contributed by atoms with van der Waals surface area (Å²) in [4.78, 5) is 19.2. The second kappa shape index (κ2) is 7.63. The Morgan fingerprint density at radius 2 is 2.07 bits per heavy atom. The summed E-state index contributed by atoms with van der Waals surface area (Å²) in [6, 6.07) is 4.49. The van der Waals surface area contributed by atoms with Gasteiger partial charge in [-0.1, -0.05) is 13.8 Å². The summed E-state index contributed by atoms with van der Waals surface area (Å²) < 4.78 is 39.9. The van der Waals surface area contributed by atoms with Gasteiger partial charge in [-0.25, -0.2) is 4.98 Å². The van der Waals surface area contributed by atoms with Crippen LogP contribution in [0, 0.1) is 5.92 Å². The van der Waals surface area contributed by atoms with Crippen molar-refractivity contribution >= 4 is 29.0 Å². The number of benzene rings is 1. The molecule has 1 aromatic heterocycles. The first-order valence-corrected chi connectivity index (χ1v) is 8.69. The molecule has 0 saturated heterocycles. The number of amides is 1. The zero-order chi connectivity index (χ0) is 20.5. The number of rotatable bonds is 6. The number of aliphatic hydroxyl groups excluding tert-OH is 1. The lowest BCUT2D eigenvalue weighted by molar-refractivity contribution is -0.137. The van der Waals surface area contributed by atoms with Crippen molar-refractivity contribution in [2.75, 3.05) is 22.6 Å². The van der Waals surface area contributed by atoms with Crippen molar-refractivity contribution in [2.24, 2.45) is 5.92 Å². The largest absolute Gasteiger partial charge is 0.421 e. The summed E-state index contributed by atoms with van der Waals surface area (Å²) in [5.41, 5.74) is 1.01. The van der Waals surface area contributed by atoms with Crippen LogP contribution in [0.1, 0.15) is 25.0 Å². The van der Waals surface area contributed by atoms with Crippen molar-refractivity contribution in [3.05, 3.63) is 35.5 Å². The molecular formula is C18H20F3N5O2. The third kappa shape index (κ3) is 4.33. The van der Waals surface area contributed by atoms with Crippen LogP contribution in [-0.2, 0) is 17.4 Å². The molecule has 150 valence electrons. The fourth-order valence-electron chi connectivity index (χ4n) is 2.79. The van der Waals surface area contributed by atoms with E-state index in [4.69, 9.17) is 0 Å². The third-order valence-corrected chi connectivity index (χ3v) is 4.40. The van der Waals surface area contributed by atoms with Crippen molar-refractivity contribution in [1.29, 1.82) is 0 Å². The number of nitrogens with zero attached hydrogens (tertiary/aromatic N) is 2. The molecule has 1 unspecified atom stereocenters. The second-order valence-corrected chi connectivity index (χ2v) is 6.85. The number of aliphatic hydroxyl groups is 1. The van der Waals surface area contributed by atoms with Gasteiger partial charge in [0.1, 0.15) is 11.4 Å². The zero-order valence-corrected chi connectivity index (χ0v) is 15.3. The Morgan fingerprint density at radius 1 is 1.32 bits per heavy atom. The lowest BCUT2D eigenvalue weighted by Crippen LogP contribution is -2.31. The summed E-state index contributed by atoms with van der Waals surface area (Å²) in [7, 11) is 0. The van der Waals surface area contributed by atoms with Crippen LogP contribution < -0.4 is 16.0 Å². The van der Waals surface area contributed by atoms with E-state index in [0.29, 0.717) is 17.6 Å². The monoisotopic (exact) mass is 395 g/mol. The van der Waals surface area contributed by atoms with E-state index >= 15 is 0 Å². The van der Waals surface area contributed by atoms with Crippen LogP contribution in [0.4, 0.5) is 36.3 Å². The Balaban J connectivity index is 1.89. The minimum atomic E-state index is -4.64. The highest BCUT2D eigenvalue weighted by Gasteiger charge is 2.36. The van der Waals surface area contributed by atoms with E-state index in [2.05, 4.69) is 25.9 Å². The van der Waals surface area contributed by atoms with Gasteiger partial charge in [-0.3, -0.25) is 4.79 Å². The summed E-state index contributed by atoms with van der Waals surface area (Å²) in [5, 5.41) is 17.7. The third-order valence-electron chi connectivity index (χ3n) is 4.40. The van der Waals surface area contributed by atoms with E-state index in [1.165, 1.54) is 0 Å². The maximum Gasteiger partial charge on any atom is 0.421 e. The molecular weight excluding hydrogens is 375 g/mol. The van der Waals surface area contributed by atoms with E-state index in [1.807, 2.05) is 0 Å². The number of fused-ring (bicyclic) bond motifs is 1. The fraction of sp³-hybridized carbons (Fsp3) is 0.389. The van der Waals surface area contributed by atoms with E-state index in [1.54, 1.807) is 32.0 Å². The first-order chi connectivity index (χ1) is 13.2. The van der Waals surface area contributed by atoms with Crippen LogP contribution in [0.5, 0.6) is 0 Å². The lowest BCUT2D eigenvalue weighted by atomic mass is 10.1. The van der Waals surface area contributed by atoms with Gasteiger partial charge in [-0.15, -0.1) is 0 Å². The Morgan fingerprint density at radius 3 is 2.71 bits per heavy atom. The van der Waals surface area contributed by atoms with Gasteiger partial charge < -0.3 is 21.1 Å². The lowest BCUT2D eigenvalue weighted by Gasteiger charge is -2.23. The van der Waals surface area contributed by atoms with Crippen molar-refractivity contribution in [3.63, 3.8) is 0 Å². The average Bonchev–Trinajstić information content (AvgIpc) is 2.97. The highest BCUT2D eigenvalue weighted by atomic mass is 19.4. The standard InChI is InChI=1S/C18H20F3N5O2/c1-9(2)14(8-27)25-16-12(18(19,20)21)7-22-17(26-16)23-11-3-4-13-10(5-11)6-15(28)24-13/h3-5,7,9,14,27H,6,8H2,1-2H3,(H,24,28)(H2,22,23,25,26). The minimum absolute atomic E-state index is 0.0341. The first-order valence-electron chi connectivity index (χ1n) is 8.69. The van der Waals surface area contributed by atoms with E-state index in [0.717, 1.165) is 5.56 Å². The van der Waals surface area contributed by atoms with Crippen molar-refractivity contribution in [3.8, 4) is 0 Å². The molecule has 0 fully saturated rings. The number of alkyl halides is 3. The fourth-order valence-corrected chi connectivity index (χ4v) is 2.79. The Bertz CT molecular complexity index is 886. The molecule has 2 aromatic rings. The minimum Gasteiger partial charge on any atom is -0.394 e. The number of nitrogens with one attached hydrogen (secondary N) is 3. The van der Waals surface area contributed by atoms with Gasteiger partial charge in [0.15, 0.2) is 0 Å². The molecule has 4 N–H and O–H groups in total. The number of aromatic nitrogens is 2. The molecule has 28 heavy (non-hydrogen) atoms. The Hall–Kier alpha value is -2.88. The maximum absolute atomic E-state index is 13.3. The molecule has 0 spiro atoms. The van der Waals surface area contributed by atoms with Crippen LogP contribution >= 0.6 is 0 Å². The molecule has 1 atom stereocenters. The van der Waals surface area contributed by atoms with Crippen molar-refractivity contribution in [1.82, 2.24) is 9.97 Å². The summed E-state index contributed by atoms with van der Waals surface area (Å²) >= 11 is 0. The van der Waals surface area contributed by atoms with Gasteiger partial charge in [0.25, 0.3) is 0 Å². The van der Waals surface area contributed by atoms with Crippen LogP contribution in [0.3, 0.4) is 0 Å². The Labute approximate surface area is 159 Å². The van der Waals surface area contributed by atoms with Gasteiger partial charge in [0, 0.05) is 17.6 Å². The highest BCUT2D eigenvalue weighted by Crippen LogP contribution is 2.35. The summed E-state index contributed by atoms with van der Waals surface area (Å²) in [6.45, 7) is 3.22. The second-order valence-electron chi connectivity index (χ2n) is 6.85. The smallest absolute Gasteiger partial charge is 0.394 e. The van der Waals surface area contributed by atoms with Crippen LogP contribution in [0.2, 0.25) is 0 Å². The van der Waals surface area contributed by atoms with Gasteiger partial charge >= 0.3 is 6.18 Å². The molecule has 1 aromatic carbocycles. The number of anilines is 4. The van der Waals surface area contributed by atoms with E-state index in [9.17, 15) is 23.1 Å². The SMILES string of the molecule is CC(C)C(CO)Nc1nc(Nc2ccc3c(c2)CC(=O)N3)ncc1C(F)(F)F. The quantitative estimate of drug-likeness (QED) is 0.600. The molecule has 2 heterocycles. The molecule has 1 aliphatic rings. The predicted molar refractivity (Wildman–Crippen MR) is 98.4 cm³/mol. The summed E-state index contributed by atoms with van der Waals surface area (Å²) in [6.07, 6.45) is -3.71. The maximum atomic E-state index is 13.3. The first kappa shape index (κ1) is 19.9. The Kier molecular flexibility index (Phi) is 5.41. The van der Waals surface area contributed by atoms with Crippen LogP contribution in [0.25, 0.3) is 0 Å². The number of halogens is 3. The highest BCUT2D eigenvalue weighted by molar-refractivity contribution is 5.99.